The fourth-order valence-corrected chi connectivity index (χ4v) is 7.45. The predicted molar refractivity (Wildman–Crippen MR) is 171 cm³/mol. The van der Waals surface area contributed by atoms with Gasteiger partial charge in [-0.3, -0.25) is 4.57 Å². The first-order chi connectivity index (χ1) is 23.3. The third-order valence-corrected chi connectivity index (χ3v) is 10.2. The number of aromatic nitrogens is 2. The van der Waals surface area contributed by atoms with Gasteiger partial charge in [-0.05, 0) is 42.3 Å². The van der Waals surface area contributed by atoms with Crippen molar-refractivity contribution >= 4 is 33.0 Å². The van der Waals surface area contributed by atoms with Crippen LogP contribution in [0.3, 0.4) is 0 Å². The average molecular weight is 697 g/mol. The molecule has 3 heterocycles. The zero-order chi connectivity index (χ0) is 35.2. The molecule has 2 aromatic heterocycles. The molecule has 5 aromatic rings. The van der Waals surface area contributed by atoms with E-state index in [2.05, 4.69) is 4.98 Å². The molecule has 1 atom stereocenters. The Morgan fingerprint density at radius 2 is 1.80 bits per heavy atom. The number of benzene rings is 3. The summed E-state index contributed by atoms with van der Waals surface area (Å²) in [6, 6.07) is 15.6. The Kier molecular flexibility index (Phi) is 8.54. The lowest BCUT2D eigenvalue weighted by Crippen LogP contribution is -2.61. The van der Waals surface area contributed by atoms with Gasteiger partial charge in [0.25, 0.3) is 10.0 Å². The van der Waals surface area contributed by atoms with Crippen molar-refractivity contribution in [3.63, 3.8) is 0 Å². The number of hydrogen-bond acceptors (Lipinski definition) is 9. The largest absolute Gasteiger partial charge is 0.497 e. The summed E-state index contributed by atoms with van der Waals surface area (Å²) in [5.74, 6) is -2.83. The second-order valence-corrected chi connectivity index (χ2v) is 13.3. The lowest BCUT2D eigenvalue weighted by molar-refractivity contribution is -0.0905. The smallest absolute Gasteiger partial charge is 0.420 e. The maximum Gasteiger partial charge on any atom is 0.420 e. The summed E-state index contributed by atoms with van der Waals surface area (Å²) in [6.45, 7) is 0.767. The molecule has 0 bridgehead atoms. The molecule has 0 saturated carbocycles. The van der Waals surface area contributed by atoms with Crippen LogP contribution in [0.4, 0.5) is 19.4 Å². The lowest BCUT2D eigenvalue weighted by atomic mass is 9.82. The van der Waals surface area contributed by atoms with Crippen LogP contribution in [0.25, 0.3) is 11.1 Å². The molecular formula is C33H30F2N4O9S. The van der Waals surface area contributed by atoms with E-state index in [-0.39, 0.29) is 35.8 Å². The van der Waals surface area contributed by atoms with E-state index in [4.69, 9.17) is 13.9 Å². The minimum absolute atomic E-state index is 0.0798. The Hall–Kier alpha value is -5.48. The first-order valence-corrected chi connectivity index (χ1v) is 16.2. The van der Waals surface area contributed by atoms with E-state index in [0.29, 0.717) is 26.7 Å². The van der Waals surface area contributed by atoms with E-state index in [9.17, 15) is 32.6 Å². The normalized spacial score (nSPS) is 14.7. The molecule has 2 N–H and O–H groups in total. The molecule has 1 aliphatic heterocycles. The quantitative estimate of drug-likeness (QED) is 0.199. The predicted octanol–water partition coefficient (Wildman–Crippen LogP) is 4.47. The molecule has 13 nitrogen and oxygen atoms in total. The van der Waals surface area contributed by atoms with Crippen LogP contribution in [-0.2, 0) is 22.2 Å². The minimum Gasteiger partial charge on any atom is -0.497 e. The Labute approximate surface area is 278 Å². The Morgan fingerprint density at radius 1 is 1.06 bits per heavy atom. The number of carboxylic acid groups (broad SMARTS) is 1. The summed E-state index contributed by atoms with van der Waals surface area (Å²) in [5, 5.41) is 20.5. The molecule has 1 unspecified atom stereocenters. The molecule has 0 radical (unpaired) electrons. The number of likely N-dealkylation sites (tertiary alicyclic amines) is 1. The standard InChI is InChI=1S/C33H30F2N4O9S/c1-19(22-7-4-5-8-23(22)33(43)17-37(18-33)31(40)41)39-25-14-24(34)28(15-27(25)48-32(39)42)49(44,45)38(30-10-6-9-29(35)36-30)16-20-11-12-21(46-2)13-26(20)47-3/h4-15,19,43H,16-18H2,1-3H3,(H,40,41). The number of oxazole rings is 1. The summed E-state index contributed by atoms with van der Waals surface area (Å²) in [7, 11) is -2.04. The van der Waals surface area contributed by atoms with Crippen molar-refractivity contribution in [3.05, 3.63) is 112 Å². The highest BCUT2D eigenvalue weighted by Crippen LogP contribution is 2.38. The average Bonchev–Trinajstić information content (AvgIpc) is 3.38. The van der Waals surface area contributed by atoms with Gasteiger partial charge in [0.05, 0.1) is 45.4 Å². The number of rotatable bonds is 10. The summed E-state index contributed by atoms with van der Waals surface area (Å²) in [4.78, 5) is 28.5. The summed E-state index contributed by atoms with van der Waals surface area (Å²) < 4.78 is 76.6. The van der Waals surface area contributed by atoms with Gasteiger partial charge in [-0.2, -0.15) is 4.39 Å². The van der Waals surface area contributed by atoms with Gasteiger partial charge >= 0.3 is 11.8 Å². The molecule has 1 aliphatic rings. The van der Waals surface area contributed by atoms with Gasteiger partial charge in [0.15, 0.2) is 5.58 Å². The summed E-state index contributed by atoms with van der Waals surface area (Å²) in [5.41, 5.74) is -0.738. The molecule has 1 saturated heterocycles. The van der Waals surface area contributed by atoms with Gasteiger partial charge < -0.3 is 29.0 Å². The number of amides is 1. The number of carbonyl (C=O) groups is 1. The zero-order valence-corrected chi connectivity index (χ0v) is 27.1. The number of aliphatic hydroxyl groups is 1. The number of ether oxygens (including phenoxy) is 2. The van der Waals surface area contributed by atoms with Gasteiger partial charge in [-0.15, -0.1) is 0 Å². The van der Waals surface area contributed by atoms with Crippen molar-refractivity contribution in [2.45, 2.75) is 30.0 Å². The number of pyridine rings is 1. The van der Waals surface area contributed by atoms with Crippen LogP contribution >= 0.6 is 0 Å². The number of hydrogen-bond donors (Lipinski definition) is 2. The van der Waals surface area contributed by atoms with E-state index in [1.165, 1.54) is 38.5 Å². The Morgan fingerprint density at radius 3 is 2.47 bits per heavy atom. The molecule has 49 heavy (non-hydrogen) atoms. The molecule has 3 aromatic carbocycles. The Balaban J connectivity index is 1.43. The minimum atomic E-state index is -4.86. The number of anilines is 1. The fourth-order valence-electron chi connectivity index (χ4n) is 6.00. The molecule has 0 aliphatic carbocycles. The van der Waals surface area contributed by atoms with Crippen LogP contribution in [-0.4, -0.2) is 66.5 Å². The van der Waals surface area contributed by atoms with Crippen LogP contribution < -0.4 is 19.5 Å². The van der Waals surface area contributed by atoms with Crippen LogP contribution in [0.15, 0.2) is 86.9 Å². The highest BCUT2D eigenvalue weighted by molar-refractivity contribution is 7.92. The van der Waals surface area contributed by atoms with Gasteiger partial charge in [-0.1, -0.05) is 30.3 Å². The van der Waals surface area contributed by atoms with Crippen LogP contribution in [0.2, 0.25) is 0 Å². The van der Waals surface area contributed by atoms with Crippen LogP contribution in [0.5, 0.6) is 11.5 Å². The highest BCUT2D eigenvalue weighted by Gasteiger charge is 2.47. The lowest BCUT2D eigenvalue weighted by Gasteiger charge is -2.46. The maximum absolute atomic E-state index is 16.1. The molecule has 0 spiro atoms. The van der Waals surface area contributed by atoms with Gasteiger partial charge in [-0.25, -0.2) is 31.7 Å². The molecule has 16 heteroatoms. The fraction of sp³-hybridized carbons (Fsp3) is 0.242. The van der Waals surface area contributed by atoms with Crippen LogP contribution in [0.1, 0.15) is 29.7 Å². The maximum atomic E-state index is 16.1. The Bertz CT molecular complexity index is 2250. The molecule has 6 rings (SSSR count). The van der Waals surface area contributed by atoms with Crippen molar-refractivity contribution in [1.29, 1.82) is 0 Å². The molecule has 256 valence electrons. The van der Waals surface area contributed by atoms with Crippen molar-refractivity contribution in [2.75, 3.05) is 31.6 Å². The molecular weight excluding hydrogens is 666 g/mol. The number of β-amino-alcohol motifs (C(OH)–C–C–N with tert-alkyl or cyclic N) is 1. The molecule has 1 amide bonds. The van der Waals surface area contributed by atoms with E-state index in [1.54, 1.807) is 37.3 Å². The highest BCUT2D eigenvalue weighted by atomic mass is 32.2. The monoisotopic (exact) mass is 696 g/mol. The number of nitrogens with zero attached hydrogens (tertiary/aromatic N) is 4. The van der Waals surface area contributed by atoms with E-state index in [1.807, 2.05) is 0 Å². The number of methoxy groups -OCH3 is 2. The van der Waals surface area contributed by atoms with E-state index in [0.717, 1.165) is 27.7 Å². The van der Waals surface area contributed by atoms with Crippen LogP contribution in [0, 0.1) is 11.8 Å². The molecule has 1 fully saturated rings. The summed E-state index contributed by atoms with van der Waals surface area (Å²) >= 11 is 0. The third-order valence-electron chi connectivity index (χ3n) is 8.47. The number of halogens is 2. The SMILES string of the molecule is COc1ccc(CN(c2cccc(F)n2)S(=O)(=O)c2cc3oc(=O)n(C(C)c4ccccc4C4(O)CN(C(=O)O)C4)c3cc2F)c(OC)c1. The van der Waals surface area contributed by atoms with Gasteiger partial charge in [0.1, 0.15) is 33.6 Å². The van der Waals surface area contributed by atoms with Crippen molar-refractivity contribution in [2.24, 2.45) is 0 Å². The van der Waals surface area contributed by atoms with E-state index < -0.39 is 56.7 Å². The number of fused-ring (bicyclic) bond motifs is 1. The second-order valence-electron chi connectivity index (χ2n) is 11.4. The topological polar surface area (TPSA) is 165 Å². The van der Waals surface area contributed by atoms with Crippen molar-refractivity contribution in [1.82, 2.24) is 14.5 Å². The van der Waals surface area contributed by atoms with Crippen molar-refractivity contribution < 1.29 is 46.1 Å². The zero-order valence-electron chi connectivity index (χ0n) is 26.3. The van der Waals surface area contributed by atoms with Crippen molar-refractivity contribution in [3.8, 4) is 11.5 Å². The van der Waals surface area contributed by atoms with Gasteiger partial charge in [0.2, 0.25) is 5.95 Å². The first kappa shape index (κ1) is 33.4. The second kappa shape index (κ2) is 12.5. The van der Waals surface area contributed by atoms with Gasteiger partial charge in [0, 0.05) is 23.8 Å². The summed E-state index contributed by atoms with van der Waals surface area (Å²) in [6.07, 6.45) is -1.19. The first-order valence-electron chi connectivity index (χ1n) is 14.8. The van der Waals surface area contributed by atoms with E-state index >= 15 is 4.39 Å². The third kappa shape index (κ3) is 5.93. The number of sulfonamides is 1.